The lowest BCUT2D eigenvalue weighted by atomic mass is 9.93. The Labute approximate surface area is 169 Å². The third-order valence-electron chi connectivity index (χ3n) is 5.03. The Morgan fingerprint density at radius 1 is 1.10 bits per heavy atom. The fourth-order valence-corrected chi connectivity index (χ4v) is 3.73. The van der Waals surface area contributed by atoms with Crippen LogP contribution in [0.3, 0.4) is 0 Å². The van der Waals surface area contributed by atoms with Crippen LogP contribution < -0.4 is 4.74 Å². The van der Waals surface area contributed by atoms with Gasteiger partial charge in [-0.15, -0.1) is 0 Å². The fourth-order valence-electron chi connectivity index (χ4n) is 3.73. The molecule has 7 heteroatoms. The highest BCUT2D eigenvalue weighted by molar-refractivity contribution is 5.40. The van der Waals surface area contributed by atoms with Gasteiger partial charge in [-0.2, -0.15) is 13.2 Å². The normalized spacial score (nSPS) is 17.4. The SMILES string of the molecule is CN(C)C[C@](C)(O)c1ccc2c(c1)CN(Cc1cccc(C(F)(F)F)c1)CCO2. The van der Waals surface area contributed by atoms with E-state index in [4.69, 9.17) is 4.74 Å². The van der Waals surface area contributed by atoms with Crippen LogP contribution >= 0.6 is 0 Å². The molecular weight excluding hydrogens is 381 g/mol. The molecule has 1 heterocycles. The molecule has 0 fully saturated rings. The van der Waals surface area contributed by atoms with Crippen molar-refractivity contribution in [3.05, 3.63) is 64.7 Å². The molecule has 0 aliphatic carbocycles. The van der Waals surface area contributed by atoms with E-state index in [1.807, 2.05) is 37.2 Å². The number of hydrogen-bond donors (Lipinski definition) is 1. The van der Waals surface area contributed by atoms with Crippen molar-refractivity contribution < 1.29 is 23.0 Å². The molecule has 3 rings (SSSR count). The lowest BCUT2D eigenvalue weighted by Crippen LogP contribution is -2.34. The van der Waals surface area contributed by atoms with Crippen molar-refractivity contribution in [2.24, 2.45) is 0 Å². The molecule has 4 nitrogen and oxygen atoms in total. The van der Waals surface area contributed by atoms with Gasteiger partial charge < -0.3 is 14.7 Å². The summed E-state index contributed by atoms with van der Waals surface area (Å²) in [6.45, 7) is 4.24. The maximum absolute atomic E-state index is 13.0. The second-order valence-electron chi connectivity index (χ2n) is 8.09. The summed E-state index contributed by atoms with van der Waals surface area (Å²) in [5, 5.41) is 10.8. The van der Waals surface area contributed by atoms with E-state index in [2.05, 4.69) is 4.90 Å². The Kier molecular flexibility index (Phi) is 6.22. The van der Waals surface area contributed by atoms with Crippen LogP contribution in [0.5, 0.6) is 5.75 Å². The Hall–Kier alpha value is -2.09. The molecule has 0 saturated heterocycles. The Morgan fingerprint density at radius 3 is 2.55 bits per heavy atom. The van der Waals surface area contributed by atoms with E-state index >= 15 is 0 Å². The van der Waals surface area contributed by atoms with Gasteiger partial charge in [-0.3, -0.25) is 4.90 Å². The van der Waals surface area contributed by atoms with Gasteiger partial charge in [0, 0.05) is 31.7 Å². The maximum atomic E-state index is 13.0. The molecular formula is C22H27F3N2O2. The largest absolute Gasteiger partial charge is 0.492 e. The summed E-state index contributed by atoms with van der Waals surface area (Å²) in [6, 6.07) is 11.1. The van der Waals surface area contributed by atoms with Crippen LogP contribution in [-0.2, 0) is 24.9 Å². The zero-order valence-corrected chi connectivity index (χ0v) is 17.0. The number of hydrogen-bond acceptors (Lipinski definition) is 4. The summed E-state index contributed by atoms with van der Waals surface area (Å²) in [5.74, 6) is 0.751. The number of likely N-dealkylation sites (N-methyl/N-ethyl adjacent to an activating group) is 1. The third kappa shape index (κ3) is 5.50. The molecule has 0 aromatic heterocycles. The number of ether oxygens (including phenoxy) is 1. The van der Waals surface area contributed by atoms with Gasteiger partial charge in [-0.25, -0.2) is 0 Å². The van der Waals surface area contributed by atoms with E-state index in [1.54, 1.807) is 13.0 Å². The van der Waals surface area contributed by atoms with Crippen LogP contribution in [0, 0.1) is 0 Å². The van der Waals surface area contributed by atoms with E-state index in [0.29, 0.717) is 38.3 Å². The lowest BCUT2D eigenvalue weighted by molar-refractivity contribution is -0.137. The van der Waals surface area contributed by atoms with Gasteiger partial charge in [0.2, 0.25) is 0 Å². The highest BCUT2D eigenvalue weighted by atomic mass is 19.4. The molecule has 0 bridgehead atoms. The molecule has 0 spiro atoms. The van der Waals surface area contributed by atoms with Crippen molar-refractivity contribution in [2.45, 2.75) is 31.8 Å². The maximum Gasteiger partial charge on any atom is 0.416 e. The number of fused-ring (bicyclic) bond motifs is 1. The van der Waals surface area contributed by atoms with Crippen LogP contribution in [0.25, 0.3) is 0 Å². The Bertz CT molecular complexity index is 850. The Morgan fingerprint density at radius 2 is 1.86 bits per heavy atom. The molecule has 1 atom stereocenters. The zero-order chi connectivity index (χ0) is 21.2. The van der Waals surface area contributed by atoms with Gasteiger partial charge in [0.1, 0.15) is 12.4 Å². The topological polar surface area (TPSA) is 35.9 Å². The van der Waals surface area contributed by atoms with Crippen molar-refractivity contribution in [1.29, 1.82) is 0 Å². The summed E-state index contributed by atoms with van der Waals surface area (Å²) >= 11 is 0. The highest BCUT2D eigenvalue weighted by Gasteiger charge is 2.30. The highest BCUT2D eigenvalue weighted by Crippen LogP contribution is 2.32. The van der Waals surface area contributed by atoms with E-state index in [1.165, 1.54) is 12.1 Å². The van der Waals surface area contributed by atoms with Gasteiger partial charge in [0.25, 0.3) is 0 Å². The molecule has 29 heavy (non-hydrogen) atoms. The number of benzene rings is 2. The third-order valence-corrected chi connectivity index (χ3v) is 5.03. The number of nitrogens with zero attached hydrogens (tertiary/aromatic N) is 2. The second kappa shape index (κ2) is 8.34. The quantitative estimate of drug-likeness (QED) is 0.815. The average Bonchev–Trinajstić information content (AvgIpc) is 2.81. The molecule has 158 valence electrons. The van der Waals surface area contributed by atoms with Crippen molar-refractivity contribution in [2.75, 3.05) is 33.8 Å². The van der Waals surface area contributed by atoms with Crippen LogP contribution in [0.15, 0.2) is 42.5 Å². The first-order valence-corrected chi connectivity index (χ1v) is 9.56. The van der Waals surface area contributed by atoms with Crippen LogP contribution in [0.1, 0.15) is 29.2 Å². The predicted octanol–water partition coefficient (Wildman–Crippen LogP) is 3.87. The van der Waals surface area contributed by atoms with Gasteiger partial charge in [-0.1, -0.05) is 24.3 Å². The average molecular weight is 408 g/mol. The monoisotopic (exact) mass is 408 g/mol. The van der Waals surface area contributed by atoms with Crippen molar-refractivity contribution in [1.82, 2.24) is 9.80 Å². The predicted molar refractivity (Wildman–Crippen MR) is 106 cm³/mol. The van der Waals surface area contributed by atoms with Gasteiger partial charge in [0.05, 0.1) is 11.2 Å². The summed E-state index contributed by atoms with van der Waals surface area (Å²) in [7, 11) is 3.80. The van der Waals surface area contributed by atoms with E-state index in [9.17, 15) is 18.3 Å². The molecule has 2 aromatic rings. The molecule has 0 radical (unpaired) electrons. The van der Waals surface area contributed by atoms with Crippen LogP contribution in [0.4, 0.5) is 13.2 Å². The molecule has 1 aliphatic heterocycles. The first-order chi connectivity index (χ1) is 13.5. The van der Waals surface area contributed by atoms with Gasteiger partial charge in [-0.05, 0) is 50.3 Å². The van der Waals surface area contributed by atoms with Crippen LogP contribution in [0.2, 0.25) is 0 Å². The number of alkyl halides is 3. The Balaban J connectivity index is 1.80. The van der Waals surface area contributed by atoms with Crippen molar-refractivity contribution in [3.63, 3.8) is 0 Å². The number of halogens is 3. The smallest absolute Gasteiger partial charge is 0.416 e. The molecule has 0 amide bonds. The van der Waals surface area contributed by atoms with Crippen LogP contribution in [-0.4, -0.2) is 48.7 Å². The number of aliphatic hydroxyl groups is 1. The van der Waals surface area contributed by atoms with Crippen molar-refractivity contribution in [3.8, 4) is 5.75 Å². The molecule has 1 aliphatic rings. The second-order valence-corrected chi connectivity index (χ2v) is 8.09. The minimum absolute atomic E-state index is 0.394. The minimum atomic E-state index is -4.35. The molecule has 0 saturated carbocycles. The standard InChI is InChI=1S/C22H27F3N2O2/c1-21(28,15-26(2)3)18-7-8-20-17(12-18)14-27(9-10-29-20)13-16-5-4-6-19(11-16)22(23,24)25/h4-8,11-12,28H,9-10,13-15H2,1-3H3/t21-/m0/s1. The fraction of sp³-hybridized carbons (Fsp3) is 0.455. The first kappa shape index (κ1) is 21.6. The van der Waals surface area contributed by atoms with Gasteiger partial charge in [0.15, 0.2) is 0 Å². The summed E-state index contributed by atoms with van der Waals surface area (Å²) in [6.07, 6.45) is -4.35. The summed E-state index contributed by atoms with van der Waals surface area (Å²) in [5.41, 5.74) is 0.666. The zero-order valence-electron chi connectivity index (χ0n) is 17.0. The summed E-state index contributed by atoms with van der Waals surface area (Å²) < 4.78 is 44.8. The van der Waals surface area contributed by atoms with E-state index in [-0.39, 0.29) is 0 Å². The molecule has 0 unspecified atom stereocenters. The van der Waals surface area contributed by atoms with E-state index < -0.39 is 17.3 Å². The summed E-state index contributed by atoms with van der Waals surface area (Å²) in [4.78, 5) is 3.98. The van der Waals surface area contributed by atoms with Gasteiger partial charge >= 0.3 is 6.18 Å². The minimum Gasteiger partial charge on any atom is -0.492 e. The number of rotatable bonds is 5. The molecule has 2 aromatic carbocycles. The van der Waals surface area contributed by atoms with E-state index in [0.717, 1.165) is 22.9 Å². The molecule has 1 N–H and O–H groups in total. The lowest BCUT2D eigenvalue weighted by Gasteiger charge is -2.28. The first-order valence-electron chi connectivity index (χ1n) is 9.56. The van der Waals surface area contributed by atoms with Crippen molar-refractivity contribution >= 4 is 0 Å².